The molecule has 1 aromatic carbocycles. The first-order valence-corrected chi connectivity index (χ1v) is 3.89. The van der Waals surface area contributed by atoms with Crippen molar-refractivity contribution in [2.75, 3.05) is 0 Å². The largest absolute Gasteiger partial charge is 0.338 e. The Morgan fingerprint density at radius 2 is 2.00 bits per heavy atom. The van der Waals surface area contributed by atoms with Gasteiger partial charge in [0.15, 0.2) is 5.34 Å². The number of carbonyl (C=O) groups is 1. The van der Waals surface area contributed by atoms with Gasteiger partial charge in [0.25, 0.3) is 0 Å². The van der Waals surface area contributed by atoms with Gasteiger partial charge in [-0.25, -0.2) is 4.79 Å². The van der Waals surface area contributed by atoms with E-state index in [4.69, 9.17) is 0 Å². The molecule has 0 N–H and O–H groups in total. The monoisotopic (exact) mass is 179 g/mol. The molecule has 0 radical (unpaired) electrons. The zero-order chi connectivity index (χ0) is 9.52. The molecule has 0 saturated heterocycles. The van der Waals surface area contributed by atoms with Gasteiger partial charge in [-0.2, -0.15) is 0 Å². The van der Waals surface area contributed by atoms with Gasteiger partial charge in [-0.1, -0.05) is 30.3 Å². The summed E-state index contributed by atoms with van der Waals surface area (Å²) in [5.41, 5.74) is 1.03. The first-order chi connectivity index (χ1) is 6.33. The second kappa shape index (κ2) is 5.03. The molecule has 0 fully saturated rings. The lowest BCUT2D eigenvalue weighted by molar-refractivity contribution is -0.143. The zero-order valence-corrected chi connectivity index (χ0v) is 6.97. The van der Waals surface area contributed by atoms with Crippen LogP contribution in [0.25, 0.3) is 0 Å². The minimum atomic E-state index is -0.598. The molecule has 1 rings (SSSR count). The van der Waals surface area contributed by atoms with Gasteiger partial charge in [0, 0.05) is 0 Å². The lowest BCUT2D eigenvalue weighted by Gasteiger charge is -1.96. The van der Waals surface area contributed by atoms with Crippen LogP contribution < -0.4 is 0 Å². The second-order valence-electron chi connectivity index (χ2n) is 2.52. The van der Waals surface area contributed by atoms with Crippen molar-refractivity contribution < 1.29 is 9.63 Å². The van der Waals surface area contributed by atoms with E-state index in [0.29, 0.717) is 6.42 Å². The van der Waals surface area contributed by atoms with E-state index in [9.17, 15) is 9.70 Å². The number of hydrogen-bond acceptors (Lipinski definition) is 4. The molecular weight excluding hydrogens is 170 g/mol. The number of carbonyl (C=O) groups excluding carboxylic acids is 1. The fourth-order valence-electron chi connectivity index (χ4n) is 0.978. The Morgan fingerprint density at radius 1 is 1.31 bits per heavy atom. The maximum atomic E-state index is 10.7. The number of aryl methyl sites for hydroxylation is 1. The maximum Gasteiger partial charge on any atom is 0.338 e. The molecule has 0 amide bonds. The zero-order valence-electron chi connectivity index (χ0n) is 6.97. The first-order valence-electron chi connectivity index (χ1n) is 3.89. The van der Waals surface area contributed by atoms with Crippen molar-refractivity contribution in [3.05, 3.63) is 40.8 Å². The summed E-state index contributed by atoms with van der Waals surface area (Å²) in [4.78, 5) is 24.1. The maximum absolute atomic E-state index is 10.7. The van der Waals surface area contributed by atoms with E-state index >= 15 is 0 Å². The summed E-state index contributed by atoms with van der Waals surface area (Å²) >= 11 is 0. The molecule has 0 atom stereocenters. The van der Waals surface area contributed by atoms with E-state index in [1.54, 1.807) is 0 Å². The predicted octanol–water partition coefficient (Wildman–Crippen LogP) is 1.84. The van der Waals surface area contributed by atoms with Crippen LogP contribution in [0.2, 0.25) is 0 Å². The van der Waals surface area contributed by atoms with Crippen LogP contribution in [0.15, 0.2) is 35.7 Å². The molecule has 13 heavy (non-hydrogen) atoms. The highest BCUT2D eigenvalue weighted by atomic mass is 16.7. The molecule has 0 heterocycles. The van der Waals surface area contributed by atoms with Gasteiger partial charge in [-0.3, -0.25) is 4.84 Å². The standard InChI is InChI=1S/C9H9NO3/c11-9(13-10-12)7-6-8-4-2-1-3-5-8/h1-5H,6-7H2. The van der Waals surface area contributed by atoms with Gasteiger partial charge in [0.2, 0.25) is 0 Å². The predicted molar refractivity (Wildman–Crippen MR) is 46.7 cm³/mol. The molecule has 4 heteroatoms. The van der Waals surface area contributed by atoms with E-state index in [2.05, 4.69) is 4.84 Å². The highest BCUT2D eigenvalue weighted by Gasteiger charge is 2.02. The molecule has 0 aliphatic heterocycles. The van der Waals surface area contributed by atoms with Crippen LogP contribution in [0.5, 0.6) is 0 Å². The molecule has 1 aromatic rings. The molecule has 0 aliphatic carbocycles. The molecule has 0 aromatic heterocycles. The summed E-state index contributed by atoms with van der Waals surface area (Å²) in [5, 5.41) is 2.05. The minimum absolute atomic E-state index is 0.176. The SMILES string of the molecule is O=NOC(=O)CCc1ccccc1. The molecular formula is C9H9NO3. The van der Waals surface area contributed by atoms with Gasteiger partial charge in [0.05, 0.1) is 6.42 Å². The highest BCUT2D eigenvalue weighted by molar-refractivity contribution is 5.69. The van der Waals surface area contributed by atoms with Crippen LogP contribution >= 0.6 is 0 Å². The van der Waals surface area contributed by atoms with Crippen molar-refractivity contribution in [1.82, 2.24) is 0 Å². The fourth-order valence-corrected chi connectivity index (χ4v) is 0.978. The van der Waals surface area contributed by atoms with E-state index in [1.165, 1.54) is 0 Å². The number of benzene rings is 1. The van der Waals surface area contributed by atoms with E-state index in [-0.39, 0.29) is 6.42 Å². The van der Waals surface area contributed by atoms with Crippen LogP contribution in [0, 0.1) is 4.91 Å². The van der Waals surface area contributed by atoms with E-state index < -0.39 is 5.97 Å². The second-order valence-corrected chi connectivity index (χ2v) is 2.52. The van der Waals surface area contributed by atoms with Crippen molar-refractivity contribution in [3.8, 4) is 0 Å². The van der Waals surface area contributed by atoms with Gasteiger partial charge < -0.3 is 0 Å². The van der Waals surface area contributed by atoms with Gasteiger partial charge in [0.1, 0.15) is 0 Å². The van der Waals surface area contributed by atoms with Crippen molar-refractivity contribution in [3.63, 3.8) is 0 Å². The van der Waals surface area contributed by atoms with Crippen molar-refractivity contribution in [1.29, 1.82) is 0 Å². The smallest absolute Gasteiger partial charge is 0.285 e. The topological polar surface area (TPSA) is 55.7 Å². The molecule has 68 valence electrons. The third-order valence-corrected chi connectivity index (χ3v) is 1.60. The van der Waals surface area contributed by atoms with Gasteiger partial charge in [-0.15, -0.1) is 4.91 Å². The van der Waals surface area contributed by atoms with Crippen LogP contribution in [-0.2, 0) is 16.1 Å². The summed E-state index contributed by atoms with van der Waals surface area (Å²) in [6.07, 6.45) is 0.741. The number of rotatable bonds is 4. The minimum Gasteiger partial charge on any atom is -0.285 e. The third kappa shape index (κ3) is 3.46. The summed E-state index contributed by atoms with van der Waals surface area (Å²) < 4.78 is 0. The summed E-state index contributed by atoms with van der Waals surface area (Å²) in [6, 6.07) is 9.48. The van der Waals surface area contributed by atoms with Gasteiger partial charge in [-0.05, 0) is 12.0 Å². The van der Waals surface area contributed by atoms with Crippen LogP contribution in [0.4, 0.5) is 0 Å². The number of hydrogen-bond donors (Lipinski definition) is 0. The Bertz CT molecular complexity index is 284. The van der Waals surface area contributed by atoms with E-state index in [0.717, 1.165) is 5.56 Å². The Kier molecular flexibility index (Phi) is 3.63. The van der Waals surface area contributed by atoms with Crippen LogP contribution in [0.3, 0.4) is 0 Å². The van der Waals surface area contributed by atoms with Gasteiger partial charge >= 0.3 is 5.97 Å². The molecule has 4 nitrogen and oxygen atoms in total. The Hall–Kier alpha value is -1.71. The molecule has 0 spiro atoms. The normalized spacial score (nSPS) is 9.23. The highest BCUT2D eigenvalue weighted by Crippen LogP contribution is 2.02. The molecule has 0 unspecified atom stereocenters. The lowest BCUT2D eigenvalue weighted by atomic mass is 10.1. The average molecular weight is 179 g/mol. The van der Waals surface area contributed by atoms with Crippen molar-refractivity contribution in [2.45, 2.75) is 12.8 Å². The summed E-state index contributed by atoms with van der Waals surface area (Å²) in [7, 11) is 0. The summed E-state index contributed by atoms with van der Waals surface area (Å²) in [6.45, 7) is 0. The van der Waals surface area contributed by atoms with Crippen molar-refractivity contribution in [2.24, 2.45) is 5.34 Å². The fraction of sp³-hybridized carbons (Fsp3) is 0.222. The van der Waals surface area contributed by atoms with Crippen LogP contribution in [0.1, 0.15) is 12.0 Å². The van der Waals surface area contributed by atoms with Crippen LogP contribution in [-0.4, -0.2) is 5.97 Å². The molecule has 0 aliphatic rings. The summed E-state index contributed by atoms with van der Waals surface area (Å²) in [5.74, 6) is -0.598. The quantitative estimate of drug-likeness (QED) is 0.523. The molecule has 0 bridgehead atoms. The van der Waals surface area contributed by atoms with Crippen molar-refractivity contribution >= 4 is 5.97 Å². The Morgan fingerprint density at radius 3 is 2.62 bits per heavy atom. The lowest BCUT2D eigenvalue weighted by Crippen LogP contribution is -2.00. The molecule has 0 saturated carbocycles. The Labute approximate surface area is 75.5 Å². The van der Waals surface area contributed by atoms with E-state index in [1.807, 2.05) is 35.7 Å². The number of nitrogens with zero attached hydrogens (tertiary/aromatic N) is 1. The first kappa shape index (κ1) is 9.38. The third-order valence-electron chi connectivity index (χ3n) is 1.60. The Balaban J connectivity index is 2.35. The average Bonchev–Trinajstić information content (AvgIpc) is 2.17.